The first-order valence-corrected chi connectivity index (χ1v) is 11.4. The van der Waals surface area contributed by atoms with Crippen LogP contribution < -0.4 is 0 Å². The van der Waals surface area contributed by atoms with Crippen LogP contribution >= 0.6 is 12.4 Å². The van der Waals surface area contributed by atoms with Gasteiger partial charge in [0.15, 0.2) is 0 Å². The SMILES string of the molecule is Cc1cc(C)c(-n2ccn(C3CCCCCCCCCCC3)[c]2=[Cu])c(C)c1.Cl. The Kier molecular flexibility index (Phi) is 9.60. The van der Waals surface area contributed by atoms with Crippen molar-refractivity contribution in [2.75, 3.05) is 0 Å². The normalized spacial score (nSPS) is 17.5. The van der Waals surface area contributed by atoms with Gasteiger partial charge < -0.3 is 0 Å². The van der Waals surface area contributed by atoms with E-state index in [2.05, 4.69) is 54.4 Å². The second-order valence-electron chi connectivity index (χ2n) is 8.47. The Morgan fingerprint density at radius 3 is 1.71 bits per heavy atom. The van der Waals surface area contributed by atoms with Crippen LogP contribution in [0.4, 0.5) is 0 Å². The van der Waals surface area contributed by atoms with Crippen LogP contribution in [0.2, 0.25) is 0 Å². The van der Waals surface area contributed by atoms with Crippen molar-refractivity contribution in [2.24, 2.45) is 0 Å². The molecular weight excluding hydrogens is 415 g/mol. The molecule has 1 heterocycles. The molecule has 0 atom stereocenters. The van der Waals surface area contributed by atoms with Crippen molar-refractivity contribution in [1.29, 1.82) is 0 Å². The summed E-state index contributed by atoms with van der Waals surface area (Å²) in [6, 6.07) is 5.07. The number of benzene rings is 1. The molecule has 4 heteroatoms. The molecule has 0 radical (unpaired) electrons. The number of hydrogen-bond donors (Lipinski definition) is 0. The van der Waals surface area contributed by atoms with Crippen LogP contribution in [0.15, 0.2) is 24.5 Å². The van der Waals surface area contributed by atoms with Crippen molar-refractivity contribution < 1.29 is 15.6 Å². The molecule has 1 saturated carbocycles. The van der Waals surface area contributed by atoms with E-state index < -0.39 is 0 Å². The molecule has 1 aromatic heterocycles. The molecule has 0 saturated heterocycles. The summed E-state index contributed by atoms with van der Waals surface area (Å²) in [6.07, 6.45) is 19.4. The predicted octanol–water partition coefficient (Wildman–Crippen LogP) is 7.55. The fourth-order valence-corrected chi connectivity index (χ4v) is 5.18. The van der Waals surface area contributed by atoms with E-state index in [1.54, 1.807) is 0 Å². The van der Waals surface area contributed by atoms with Crippen LogP contribution in [0, 0.1) is 25.1 Å². The summed E-state index contributed by atoms with van der Waals surface area (Å²) >= 11 is 6.14. The Morgan fingerprint density at radius 2 is 1.21 bits per heavy atom. The van der Waals surface area contributed by atoms with E-state index in [-0.39, 0.29) is 12.4 Å². The summed E-state index contributed by atoms with van der Waals surface area (Å²) < 4.78 is 5.54. The Bertz CT molecular complexity index is 770. The quantitative estimate of drug-likeness (QED) is 0.416. The number of hydrogen-bond acceptors (Lipinski definition) is 0. The van der Waals surface area contributed by atoms with E-state index in [4.69, 9.17) is 15.6 Å². The van der Waals surface area contributed by atoms with Crippen molar-refractivity contribution in [3.8, 4) is 5.69 Å². The molecule has 2 nitrogen and oxygen atoms in total. The third-order valence-corrected chi connectivity index (χ3v) is 6.56. The molecule has 0 spiro atoms. The molecular formula is C24H37ClCuN2. The molecule has 0 unspecified atom stereocenters. The largest absolute Gasteiger partial charge is 0.147 e. The molecule has 0 amide bonds. The van der Waals surface area contributed by atoms with Crippen molar-refractivity contribution in [3.05, 3.63) is 45.5 Å². The van der Waals surface area contributed by atoms with Crippen molar-refractivity contribution in [3.63, 3.8) is 0 Å². The first-order valence-electron chi connectivity index (χ1n) is 10.9. The summed E-state index contributed by atoms with van der Waals surface area (Å²) in [5.41, 5.74) is 5.18. The second-order valence-corrected chi connectivity index (χ2v) is 8.89. The first kappa shape index (κ1) is 23.5. The van der Waals surface area contributed by atoms with E-state index >= 15 is 0 Å². The van der Waals surface area contributed by atoms with Gasteiger partial charge in [-0.3, -0.25) is 0 Å². The molecule has 1 aliphatic rings. The van der Waals surface area contributed by atoms with Gasteiger partial charge in [-0.25, -0.2) is 0 Å². The smallest absolute Gasteiger partial charge is 0.147 e. The minimum Gasteiger partial charge on any atom is -0.147 e. The maximum absolute atomic E-state index is 6.14. The Hall–Kier alpha value is -0.761. The molecule has 28 heavy (non-hydrogen) atoms. The molecule has 1 aliphatic carbocycles. The van der Waals surface area contributed by atoms with Gasteiger partial charge in [0.2, 0.25) is 0 Å². The molecule has 0 aliphatic heterocycles. The van der Waals surface area contributed by atoms with Crippen LogP contribution in [0.25, 0.3) is 5.69 Å². The average Bonchev–Trinajstić information content (AvgIpc) is 2.96. The third-order valence-electron chi connectivity index (χ3n) is 6.09. The fraction of sp³-hybridized carbons (Fsp3) is 0.625. The number of nitrogens with zero attached hydrogens (tertiary/aromatic N) is 2. The molecule has 2 aromatic rings. The maximum Gasteiger partial charge on any atom is -0.147 e. The predicted molar refractivity (Wildman–Crippen MR) is 118 cm³/mol. The average molecular weight is 453 g/mol. The number of aromatic nitrogens is 2. The van der Waals surface area contributed by atoms with Gasteiger partial charge >= 0.3 is 173 Å². The number of rotatable bonds is 2. The Morgan fingerprint density at radius 1 is 0.750 bits per heavy atom. The molecule has 1 aromatic carbocycles. The zero-order chi connectivity index (χ0) is 19.2. The van der Waals surface area contributed by atoms with E-state index in [0.29, 0.717) is 6.04 Å². The van der Waals surface area contributed by atoms with Crippen molar-refractivity contribution >= 4 is 12.4 Å². The summed E-state index contributed by atoms with van der Waals surface area (Å²) in [6.45, 7) is 6.56. The van der Waals surface area contributed by atoms with Gasteiger partial charge in [0.1, 0.15) is 0 Å². The number of imidazole rings is 1. The van der Waals surface area contributed by atoms with Gasteiger partial charge in [-0.1, -0.05) is 0 Å². The zero-order valence-corrected chi connectivity index (χ0v) is 19.5. The molecule has 0 bridgehead atoms. The summed E-state index contributed by atoms with van der Waals surface area (Å²) in [5, 5.41) is 0. The third kappa shape index (κ3) is 5.88. The number of aryl methyl sites for hydroxylation is 3. The van der Waals surface area contributed by atoms with Gasteiger partial charge in [-0.15, -0.1) is 12.4 Å². The minimum absolute atomic E-state index is 0. The van der Waals surface area contributed by atoms with Crippen LogP contribution in [-0.2, 0) is 15.6 Å². The van der Waals surface area contributed by atoms with E-state index in [1.165, 1.54) is 93.0 Å². The van der Waals surface area contributed by atoms with Crippen LogP contribution in [0.5, 0.6) is 0 Å². The summed E-state index contributed by atoms with van der Waals surface area (Å²) in [7, 11) is 0. The van der Waals surface area contributed by atoms with Crippen LogP contribution in [-0.4, -0.2) is 9.13 Å². The second kappa shape index (κ2) is 11.4. The maximum atomic E-state index is 6.14. The van der Waals surface area contributed by atoms with Crippen LogP contribution in [0.1, 0.15) is 93.4 Å². The van der Waals surface area contributed by atoms with Gasteiger partial charge in [0, 0.05) is 0 Å². The topological polar surface area (TPSA) is 9.86 Å². The molecule has 3 rings (SSSR count). The zero-order valence-electron chi connectivity index (χ0n) is 17.8. The minimum atomic E-state index is 0. The van der Waals surface area contributed by atoms with Crippen molar-refractivity contribution in [1.82, 2.24) is 9.13 Å². The Labute approximate surface area is 185 Å². The molecule has 1 fully saturated rings. The van der Waals surface area contributed by atoms with Gasteiger partial charge in [0.05, 0.1) is 0 Å². The Balaban J connectivity index is 0.00000280. The standard InChI is InChI=1S/C24H36N2.ClH.Cu/c1-20-17-21(2)24(22(3)18-20)26-16-15-25(19-26)23-13-11-9-7-5-4-6-8-10-12-14-23;;/h15-18,23H,4-14H2,1-3H3;1H;. The first-order chi connectivity index (χ1) is 13.1. The fourth-order valence-electron chi connectivity index (χ4n) is 4.76. The molecule has 161 valence electrons. The van der Waals surface area contributed by atoms with Crippen molar-refractivity contribution in [2.45, 2.75) is 97.4 Å². The van der Waals surface area contributed by atoms with E-state index in [0.717, 1.165) is 4.32 Å². The van der Waals surface area contributed by atoms with E-state index in [1.807, 2.05) is 0 Å². The van der Waals surface area contributed by atoms with Crippen LogP contribution in [0.3, 0.4) is 0 Å². The van der Waals surface area contributed by atoms with Gasteiger partial charge in [-0.2, -0.15) is 0 Å². The summed E-state index contributed by atoms with van der Waals surface area (Å²) in [4.78, 5) is 0. The van der Waals surface area contributed by atoms with Gasteiger partial charge in [-0.05, 0) is 0 Å². The molecule has 0 N–H and O–H groups in total. The monoisotopic (exact) mass is 451 g/mol. The summed E-state index contributed by atoms with van der Waals surface area (Å²) in [5.74, 6) is 0. The number of halogens is 1. The van der Waals surface area contributed by atoms with E-state index in [9.17, 15) is 0 Å². The van der Waals surface area contributed by atoms with Gasteiger partial charge in [0.25, 0.3) is 0 Å².